The zero-order valence-electron chi connectivity index (χ0n) is 30.6. The van der Waals surface area contributed by atoms with E-state index in [1.54, 1.807) is 12.1 Å². The number of nitrogens with one attached hydrogen (secondary N) is 2. The van der Waals surface area contributed by atoms with Crippen LogP contribution in [0.3, 0.4) is 0 Å². The second kappa shape index (κ2) is 15.3. The van der Waals surface area contributed by atoms with Crippen molar-refractivity contribution in [2.45, 2.75) is 88.7 Å². The summed E-state index contributed by atoms with van der Waals surface area (Å²) in [5.74, 6) is -0.599. The Bertz CT molecular complexity index is 2150. The van der Waals surface area contributed by atoms with Crippen molar-refractivity contribution in [3.63, 3.8) is 0 Å². The van der Waals surface area contributed by atoms with Crippen LogP contribution in [-0.2, 0) is 28.2 Å². The quantitative estimate of drug-likeness (QED) is 0.103. The van der Waals surface area contributed by atoms with Crippen molar-refractivity contribution >= 4 is 27.9 Å². The molecule has 3 fully saturated rings. The molecule has 5 N–H and O–H groups in total. The molecule has 1 aliphatic heterocycles. The molecule has 284 valence electrons. The van der Waals surface area contributed by atoms with E-state index in [1.165, 1.54) is 12.1 Å². The average molecular weight is 735 g/mol. The van der Waals surface area contributed by atoms with E-state index in [4.69, 9.17) is 4.74 Å². The molecule has 2 saturated carbocycles. The third-order valence-corrected chi connectivity index (χ3v) is 12.3. The number of carbonyl (C=O) groups excluding carboxylic acids is 1. The number of aliphatic hydroxyl groups excluding tert-OH is 1. The number of phenolic OH excluding ortho intramolecular Hbond substituents is 1. The van der Waals surface area contributed by atoms with Gasteiger partial charge in [-0.05, 0) is 111 Å². The van der Waals surface area contributed by atoms with Crippen molar-refractivity contribution in [2.75, 3.05) is 26.2 Å². The van der Waals surface area contributed by atoms with E-state index in [0.29, 0.717) is 28.6 Å². The Hall–Kier alpha value is -4.62. The number of hydrogen-bond acceptors (Lipinski definition) is 10. The highest BCUT2D eigenvalue weighted by Crippen LogP contribution is 2.51. The van der Waals surface area contributed by atoms with Crippen LogP contribution in [0, 0.1) is 11.3 Å². The highest BCUT2D eigenvalue weighted by Gasteiger charge is 2.52. The molecule has 1 saturated heterocycles. The molecule has 3 aromatic carbocycles. The number of hydrogen-bond donors (Lipinski definition) is 5. The number of nitrogens with zero attached hydrogens (tertiary/aromatic N) is 4. The van der Waals surface area contributed by atoms with E-state index in [-0.39, 0.29) is 35.3 Å². The highest BCUT2D eigenvalue weighted by molar-refractivity contribution is 5.87. The smallest absolute Gasteiger partial charge is 0.343 e. The minimum absolute atomic E-state index is 0.0355. The summed E-state index contributed by atoms with van der Waals surface area (Å²) in [5, 5.41) is 45.6. The van der Waals surface area contributed by atoms with Gasteiger partial charge in [0.25, 0.3) is 0 Å². The number of aliphatic hydroxyl groups is 2. The fraction of sp³-hybridized carbons (Fsp3) is 0.476. The lowest BCUT2D eigenvalue weighted by atomic mass is 9.61. The molecule has 2 atom stereocenters. The van der Waals surface area contributed by atoms with Gasteiger partial charge in [-0.2, -0.15) is 0 Å². The average Bonchev–Trinajstić information content (AvgIpc) is 3.86. The molecule has 3 heterocycles. The van der Waals surface area contributed by atoms with E-state index in [1.807, 2.05) is 53.2 Å². The van der Waals surface area contributed by atoms with Crippen LogP contribution < -0.4 is 10.9 Å². The van der Waals surface area contributed by atoms with Crippen molar-refractivity contribution in [3.05, 3.63) is 99.8 Å². The Morgan fingerprint density at radius 3 is 2.57 bits per heavy atom. The first-order valence-electron chi connectivity index (χ1n) is 19.5. The van der Waals surface area contributed by atoms with Gasteiger partial charge < -0.3 is 35.3 Å². The van der Waals surface area contributed by atoms with E-state index < -0.39 is 17.7 Å². The largest absolute Gasteiger partial charge is 0.506 e. The number of pyridine rings is 1. The second-order valence-corrected chi connectivity index (χ2v) is 15.8. The zero-order valence-corrected chi connectivity index (χ0v) is 30.6. The van der Waals surface area contributed by atoms with Crippen LogP contribution in [0.25, 0.3) is 21.9 Å². The third-order valence-electron chi connectivity index (χ3n) is 12.3. The number of aromatic amines is 1. The standard InChI is InChI=1S/C42H50N6O6/c49-36-15-12-32(33-13-16-38(51)44-39(33)36)37(50)27-43-26-28-11-14-35-34(23-28)45-46-48(35)20-6-19-47-21-17-41(18-22-47)24-31(25-41)54-40(52)42(53,30-9-4-5-10-30)29-7-2-1-3-8-29/h1-3,7-8,11-16,23,30-31,37,43,49-50,53H,4-6,9-10,17-22,24-27H2,(H,44,51)/t37-,42?/m0/s1. The first-order valence-corrected chi connectivity index (χ1v) is 19.5. The maximum absolute atomic E-state index is 13.5. The number of rotatable bonds is 13. The normalized spacial score (nSPS) is 19.6. The van der Waals surface area contributed by atoms with Crippen molar-refractivity contribution in [3.8, 4) is 5.75 Å². The van der Waals surface area contributed by atoms with Crippen LogP contribution >= 0.6 is 0 Å². The summed E-state index contributed by atoms with van der Waals surface area (Å²) in [6.07, 6.45) is 7.72. The fourth-order valence-corrected chi connectivity index (χ4v) is 9.20. The minimum Gasteiger partial charge on any atom is -0.506 e. The van der Waals surface area contributed by atoms with Crippen molar-refractivity contribution in [1.29, 1.82) is 0 Å². The molecule has 1 spiro atoms. The summed E-state index contributed by atoms with van der Waals surface area (Å²) in [6.45, 7) is 4.64. The Balaban J connectivity index is 0.773. The number of piperidine rings is 1. The van der Waals surface area contributed by atoms with Crippen LogP contribution in [0.5, 0.6) is 5.75 Å². The number of H-pyrrole nitrogens is 1. The molecular formula is C42H50N6O6. The molecule has 0 bridgehead atoms. The van der Waals surface area contributed by atoms with Crippen molar-refractivity contribution < 1.29 is 24.9 Å². The van der Waals surface area contributed by atoms with Gasteiger partial charge in [0.15, 0.2) is 5.60 Å². The number of phenols is 1. The van der Waals surface area contributed by atoms with Gasteiger partial charge in [-0.25, -0.2) is 9.48 Å². The molecule has 12 nitrogen and oxygen atoms in total. The molecule has 2 aromatic heterocycles. The van der Waals surface area contributed by atoms with Gasteiger partial charge in [-0.15, -0.1) is 5.10 Å². The number of fused-ring (bicyclic) bond motifs is 2. The monoisotopic (exact) mass is 734 g/mol. The van der Waals surface area contributed by atoms with Gasteiger partial charge in [-0.1, -0.05) is 60.5 Å². The van der Waals surface area contributed by atoms with E-state index in [0.717, 1.165) is 101 Å². The van der Waals surface area contributed by atoms with Gasteiger partial charge in [0, 0.05) is 37.0 Å². The Morgan fingerprint density at radius 1 is 1.02 bits per heavy atom. The number of aromatic nitrogens is 4. The summed E-state index contributed by atoms with van der Waals surface area (Å²) in [6, 6.07) is 21.6. The number of esters is 1. The Labute approximate surface area is 314 Å². The van der Waals surface area contributed by atoms with E-state index in [9.17, 15) is 24.9 Å². The summed E-state index contributed by atoms with van der Waals surface area (Å²) in [4.78, 5) is 30.4. The van der Waals surface area contributed by atoms with Crippen molar-refractivity contribution in [2.24, 2.45) is 11.3 Å². The third kappa shape index (κ3) is 7.27. The molecule has 3 aliphatic rings. The lowest BCUT2D eigenvalue weighted by molar-refractivity contribution is -0.192. The van der Waals surface area contributed by atoms with E-state index >= 15 is 0 Å². The first-order chi connectivity index (χ1) is 26.2. The predicted octanol–water partition coefficient (Wildman–Crippen LogP) is 5.06. The topological polar surface area (TPSA) is 166 Å². The summed E-state index contributed by atoms with van der Waals surface area (Å²) in [7, 11) is 0. The van der Waals surface area contributed by atoms with Gasteiger partial charge in [0.1, 0.15) is 17.4 Å². The maximum Gasteiger partial charge on any atom is 0.343 e. The molecule has 8 rings (SSSR count). The van der Waals surface area contributed by atoms with Gasteiger partial charge >= 0.3 is 5.97 Å². The number of ether oxygens (including phenoxy) is 1. The maximum atomic E-state index is 13.5. The molecule has 54 heavy (non-hydrogen) atoms. The first kappa shape index (κ1) is 36.4. The minimum atomic E-state index is -1.57. The van der Waals surface area contributed by atoms with Gasteiger partial charge in [-0.3, -0.25) is 4.79 Å². The summed E-state index contributed by atoms with van der Waals surface area (Å²) >= 11 is 0. The van der Waals surface area contributed by atoms with Crippen LogP contribution in [0.2, 0.25) is 0 Å². The van der Waals surface area contributed by atoms with E-state index in [2.05, 4.69) is 25.5 Å². The number of likely N-dealkylation sites (tertiary alicyclic amines) is 1. The SMILES string of the molecule is O=C(OC1CC2(CCN(CCCn3nnc4cc(CNC[C@H](O)c5ccc(O)c6[nH]c(=O)ccc56)ccc43)CC2)C1)C(O)(c1ccccc1)C1CCCC1. The molecule has 12 heteroatoms. The lowest BCUT2D eigenvalue weighted by Gasteiger charge is -2.52. The molecule has 2 aliphatic carbocycles. The molecular weight excluding hydrogens is 684 g/mol. The Kier molecular flexibility index (Phi) is 10.3. The van der Waals surface area contributed by atoms with Gasteiger partial charge in [0.2, 0.25) is 5.56 Å². The van der Waals surface area contributed by atoms with Crippen molar-refractivity contribution in [1.82, 2.24) is 30.2 Å². The Morgan fingerprint density at radius 2 is 1.80 bits per heavy atom. The molecule has 0 radical (unpaired) electrons. The van der Waals surface area contributed by atoms with Crippen LogP contribution in [0.1, 0.15) is 80.6 Å². The number of aromatic hydroxyl groups is 1. The lowest BCUT2D eigenvalue weighted by Crippen LogP contribution is -2.52. The number of benzene rings is 3. The highest BCUT2D eigenvalue weighted by atomic mass is 16.6. The zero-order chi connectivity index (χ0) is 37.3. The fourth-order valence-electron chi connectivity index (χ4n) is 9.20. The summed E-state index contributed by atoms with van der Waals surface area (Å²) < 4.78 is 8.01. The summed E-state index contributed by atoms with van der Waals surface area (Å²) in [5.41, 5.74) is 2.78. The van der Waals surface area contributed by atoms with Crippen LogP contribution in [-0.4, -0.2) is 78.4 Å². The predicted molar refractivity (Wildman–Crippen MR) is 205 cm³/mol. The second-order valence-electron chi connectivity index (χ2n) is 15.8. The van der Waals surface area contributed by atoms with Crippen LogP contribution in [0.15, 0.2) is 77.6 Å². The van der Waals surface area contributed by atoms with Crippen LogP contribution in [0.4, 0.5) is 0 Å². The molecule has 5 aromatic rings. The van der Waals surface area contributed by atoms with Gasteiger partial charge in [0.05, 0.1) is 17.1 Å². The molecule has 0 amide bonds. The number of carbonyl (C=O) groups is 1. The number of aryl methyl sites for hydroxylation is 1. The molecule has 1 unspecified atom stereocenters.